The first-order valence-corrected chi connectivity index (χ1v) is 9.66. The zero-order valence-electron chi connectivity index (χ0n) is 10.1. The van der Waals surface area contributed by atoms with Crippen LogP contribution in [0.25, 0.3) is 0 Å². The van der Waals surface area contributed by atoms with Gasteiger partial charge in [0, 0.05) is 17.7 Å². The predicted molar refractivity (Wildman–Crippen MR) is 76.3 cm³/mol. The predicted octanol–water partition coefficient (Wildman–Crippen LogP) is 1.35. The molecule has 7 heteroatoms. The number of hydrogen-bond acceptors (Lipinski definition) is 4. The van der Waals surface area contributed by atoms with Crippen LogP contribution in [-0.2, 0) is 25.8 Å². The van der Waals surface area contributed by atoms with Gasteiger partial charge in [-0.3, -0.25) is 4.55 Å². The Morgan fingerprint density at radius 1 is 1.41 bits per heavy atom. The summed E-state index contributed by atoms with van der Waals surface area (Å²) in [6, 6.07) is 0. The van der Waals surface area contributed by atoms with Gasteiger partial charge in [0.1, 0.15) is 11.5 Å². The van der Waals surface area contributed by atoms with E-state index in [1.165, 1.54) is 0 Å². The number of hydrogen-bond donors (Lipinski definition) is 1. The van der Waals surface area contributed by atoms with E-state index in [9.17, 15) is 13.2 Å². The molecule has 17 heavy (non-hydrogen) atoms. The minimum absolute atomic E-state index is 0.0226. The molecule has 0 saturated carbocycles. The van der Waals surface area contributed by atoms with Gasteiger partial charge in [-0.05, 0) is 13.2 Å². The van der Waals surface area contributed by atoms with Crippen LogP contribution in [0.15, 0.2) is 12.2 Å². The highest BCUT2D eigenvalue weighted by molar-refractivity contribution is 8.12. The molecule has 0 radical (unpaired) electrons. The van der Waals surface area contributed by atoms with E-state index >= 15 is 0 Å². The highest BCUT2D eigenvalue weighted by Gasteiger charge is 2.28. The van der Waals surface area contributed by atoms with Gasteiger partial charge < -0.3 is 0 Å². The van der Waals surface area contributed by atoms with Gasteiger partial charge in [0.15, 0.2) is 0 Å². The summed E-state index contributed by atoms with van der Waals surface area (Å²) in [5, 5.41) is 0.0226. The van der Waals surface area contributed by atoms with Gasteiger partial charge in [0.05, 0.1) is 16.6 Å². The Morgan fingerprint density at radius 3 is 2.41 bits per heavy atom. The van der Waals surface area contributed by atoms with E-state index in [2.05, 4.69) is 6.58 Å². The van der Waals surface area contributed by atoms with Gasteiger partial charge >= 0.3 is 5.12 Å². The van der Waals surface area contributed by atoms with Crippen LogP contribution >= 0.6 is 11.8 Å². The average molecular weight is 299 g/mol. The first-order valence-electron chi connectivity index (χ1n) is 5.09. The Bertz CT molecular complexity index is 362. The Morgan fingerprint density at radius 2 is 2.00 bits per heavy atom. The third kappa shape index (κ3) is 8.70. The van der Waals surface area contributed by atoms with E-state index in [1.54, 1.807) is 18.7 Å². The molecule has 0 heterocycles. The molecular formula is C10H19O4S3+. The molecule has 0 spiro atoms. The zero-order chi connectivity index (χ0) is 13.5. The topological polar surface area (TPSA) is 71.4 Å². The summed E-state index contributed by atoms with van der Waals surface area (Å²) in [5.41, 5.74) is 0.515. The number of carbonyl (C=O) groups excluding carboxylic acids is 1. The first-order chi connectivity index (χ1) is 7.78. The molecule has 0 saturated heterocycles. The first kappa shape index (κ1) is 17.0. The van der Waals surface area contributed by atoms with Crippen molar-refractivity contribution in [3.8, 4) is 0 Å². The third-order valence-corrected chi connectivity index (χ3v) is 5.96. The van der Waals surface area contributed by atoms with E-state index in [4.69, 9.17) is 4.55 Å². The standard InChI is InChI=1S/C10H18O4S3/c1-9(2)10(11)16(7-5-15-3)6-4-8-17(12,13)14/h1,4-8H2,2-3H3/p+1. The van der Waals surface area contributed by atoms with Gasteiger partial charge in [0.2, 0.25) is 0 Å². The summed E-state index contributed by atoms with van der Waals surface area (Å²) < 4.78 is 29.8. The maximum Gasteiger partial charge on any atom is 0.357 e. The monoisotopic (exact) mass is 299 g/mol. The SMILES string of the molecule is C=C(C)C(=O)[S+](CCCS(=O)(=O)O)CCSC. The van der Waals surface area contributed by atoms with Crippen LogP contribution in [0.4, 0.5) is 0 Å². The van der Waals surface area contributed by atoms with Crippen molar-refractivity contribution in [2.24, 2.45) is 0 Å². The molecule has 0 amide bonds. The zero-order valence-corrected chi connectivity index (χ0v) is 12.6. The Labute approximate surface area is 110 Å². The van der Waals surface area contributed by atoms with Crippen molar-refractivity contribution in [2.75, 3.05) is 29.3 Å². The lowest BCUT2D eigenvalue weighted by Crippen LogP contribution is -2.25. The van der Waals surface area contributed by atoms with Crippen LogP contribution in [0.1, 0.15) is 13.3 Å². The number of thioether (sulfide) groups is 1. The lowest BCUT2D eigenvalue weighted by atomic mass is 10.4. The second-order valence-electron chi connectivity index (χ2n) is 3.60. The van der Waals surface area contributed by atoms with Crippen molar-refractivity contribution >= 4 is 37.9 Å². The average Bonchev–Trinajstić information content (AvgIpc) is 2.20. The van der Waals surface area contributed by atoms with Gasteiger partial charge in [-0.1, -0.05) is 6.58 Å². The van der Waals surface area contributed by atoms with Crippen molar-refractivity contribution < 1.29 is 17.8 Å². The lowest BCUT2D eigenvalue weighted by Gasteiger charge is -2.05. The Balaban J connectivity index is 4.29. The summed E-state index contributed by atoms with van der Waals surface area (Å²) in [4.78, 5) is 11.8. The van der Waals surface area contributed by atoms with E-state index in [0.717, 1.165) is 11.5 Å². The molecule has 4 nitrogen and oxygen atoms in total. The number of rotatable bonds is 8. The van der Waals surface area contributed by atoms with Crippen LogP contribution in [0.3, 0.4) is 0 Å². The van der Waals surface area contributed by atoms with E-state index in [-0.39, 0.29) is 10.9 Å². The smallest absolute Gasteiger partial charge is 0.286 e. The molecule has 0 aromatic rings. The molecule has 0 aliphatic rings. The van der Waals surface area contributed by atoms with Gasteiger partial charge in [-0.25, -0.2) is 4.79 Å². The minimum Gasteiger partial charge on any atom is -0.286 e. The highest BCUT2D eigenvalue weighted by atomic mass is 32.2. The quantitative estimate of drug-likeness (QED) is 0.416. The summed E-state index contributed by atoms with van der Waals surface area (Å²) in [5.74, 6) is 1.84. The molecule has 100 valence electrons. The fourth-order valence-corrected chi connectivity index (χ4v) is 4.86. The molecule has 0 aliphatic heterocycles. The maximum atomic E-state index is 11.8. The van der Waals surface area contributed by atoms with E-state index in [1.807, 2.05) is 6.26 Å². The maximum absolute atomic E-state index is 11.8. The molecule has 1 unspecified atom stereocenters. The molecule has 0 aromatic carbocycles. The second kappa shape index (κ2) is 8.18. The van der Waals surface area contributed by atoms with Crippen molar-refractivity contribution in [3.63, 3.8) is 0 Å². The lowest BCUT2D eigenvalue weighted by molar-refractivity contribution is -0.108. The molecule has 0 aromatic heterocycles. The Hall–Kier alpha value is 0.0200. The number of carbonyl (C=O) groups is 1. The van der Waals surface area contributed by atoms with E-state index < -0.39 is 21.0 Å². The van der Waals surface area contributed by atoms with Gasteiger partial charge in [-0.15, -0.1) is 0 Å². The van der Waals surface area contributed by atoms with Crippen LogP contribution in [0.5, 0.6) is 0 Å². The fraction of sp³-hybridized carbons (Fsp3) is 0.700. The van der Waals surface area contributed by atoms with Crippen LogP contribution < -0.4 is 0 Å². The molecule has 0 rings (SSSR count). The van der Waals surface area contributed by atoms with Crippen LogP contribution in [0.2, 0.25) is 0 Å². The van der Waals surface area contributed by atoms with Crippen LogP contribution in [0, 0.1) is 0 Å². The van der Waals surface area contributed by atoms with Crippen molar-refractivity contribution in [1.29, 1.82) is 0 Å². The van der Waals surface area contributed by atoms with Gasteiger partial charge in [0.25, 0.3) is 10.1 Å². The summed E-state index contributed by atoms with van der Waals surface area (Å²) in [6.45, 7) is 5.29. The third-order valence-electron chi connectivity index (χ3n) is 1.94. The van der Waals surface area contributed by atoms with Crippen molar-refractivity contribution in [1.82, 2.24) is 0 Å². The second-order valence-corrected chi connectivity index (χ2v) is 8.33. The highest BCUT2D eigenvalue weighted by Crippen LogP contribution is 2.10. The van der Waals surface area contributed by atoms with Gasteiger partial charge in [-0.2, -0.15) is 20.2 Å². The molecule has 0 fully saturated rings. The molecule has 0 aliphatic carbocycles. The molecule has 1 atom stereocenters. The summed E-state index contributed by atoms with van der Waals surface area (Å²) >= 11 is 1.66. The summed E-state index contributed by atoms with van der Waals surface area (Å²) in [6.07, 6.45) is 2.28. The van der Waals surface area contributed by atoms with Crippen molar-refractivity contribution in [3.05, 3.63) is 12.2 Å². The normalized spacial score (nSPS) is 13.4. The molecular weight excluding hydrogens is 280 g/mol. The van der Waals surface area contributed by atoms with Crippen LogP contribution in [-0.4, -0.2) is 47.4 Å². The minimum atomic E-state index is -3.92. The molecule has 0 bridgehead atoms. The fourth-order valence-electron chi connectivity index (χ4n) is 1.13. The summed E-state index contributed by atoms with van der Waals surface area (Å²) in [7, 11) is -4.39. The largest absolute Gasteiger partial charge is 0.357 e. The van der Waals surface area contributed by atoms with E-state index in [0.29, 0.717) is 17.7 Å². The Kier molecular flexibility index (Phi) is 8.19. The van der Waals surface area contributed by atoms with Crippen molar-refractivity contribution in [2.45, 2.75) is 13.3 Å². The molecule has 1 N–H and O–H groups in total.